The Morgan fingerprint density at radius 2 is 1.45 bits per heavy atom. The van der Waals surface area contributed by atoms with Crippen molar-refractivity contribution in [3.63, 3.8) is 0 Å². The molecule has 4 nitrogen and oxygen atoms in total. The van der Waals surface area contributed by atoms with E-state index >= 15 is 0 Å². The molecule has 11 heavy (non-hydrogen) atoms. The van der Waals surface area contributed by atoms with Gasteiger partial charge in [0.25, 0.3) is 0 Å². The molecule has 0 aromatic heterocycles. The van der Waals surface area contributed by atoms with Crippen molar-refractivity contribution in [2.24, 2.45) is 0 Å². The van der Waals surface area contributed by atoms with Gasteiger partial charge in [0, 0.05) is 0 Å². The van der Waals surface area contributed by atoms with Crippen molar-refractivity contribution < 1.29 is 59.6 Å². The zero-order valence-corrected chi connectivity index (χ0v) is 12.6. The van der Waals surface area contributed by atoms with Crippen molar-refractivity contribution in [1.82, 2.24) is 0 Å². The van der Waals surface area contributed by atoms with E-state index < -0.39 is 40.6 Å². The third-order valence-corrected chi connectivity index (χ3v) is 4.95. The molecule has 0 N–H and O–H groups in total. The van der Waals surface area contributed by atoms with Crippen LogP contribution in [0.3, 0.4) is 0 Å². The molecule has 60 valence electrons. The van der Waals surface area contributed by atoms with Crippen molar-refractivity contribution in [3.8, 4) is 0 Å². The zero-order valence-electron chi connectivity index (χ0n) is 6.75. The molecule has 0 aliphatic carbocycles. The van der Waals surface area contributed by atoms with Crippen LogP contribution in [-0.4, -0.2) is 15.2 Å². The molecule has 0 radical (unpaired) electrons. The van der Waals surface area contributed by atoms with E-state index in [4.69, 9.17) is 0 Å². The van der Waals surface area contributed by atoms with Crippen molar-refractivity contribution in [1.29, 1.82) is 0 Å². The molecule has 0 atom stereocenters. The van der Waals surface area contributed by atoms with E-state index in [0.717, 1.165) is 0 Å². The molecule has 0 unspecified atom stereocenters. The van der Waals surface area contributed by atoms with E-state index in [9.17, 15) is 9.59 Å². The quantitative estimate of drug-likeness (QED) is 0.749. The Morgan fingerprint density at radius 3 is 1.73 bits per heavy atom. The number of hydrogen-bond donors (Lipinski definition) is 0. The number of carbonyl (C=O) groups excluding carboxylic acids is 2. The van der Waals surface area contributed by atoms with Gasteiger partial charge in [0.1, 0.15) is 0 Å². The SMILES string of the molecule is CCO[C](=O)[Ra][C](=O)OCC. The summed E-state index contributed by atoms with van der Waals surface area (Å²) in [5.74, 6) is 0. The van der Waals surface area contributed by atoms with Crippen LogP contribution in [0.4, 0.5) is 9.59 Å². The van der Waals surface area contributed by atoms with Crippen LogP contribution >= 0.6 is 0 Å². The molecule has 0 rings (SSSR count). The molecule has 5 heteroatoms. The summed E-state index contributed by atoms with van der Waals surface area (Å²) < 4.78 is 8.63. The summed E-state index contributed by atoms with van der Waals surface area (Å²) in [6.45, 7) is 4.14. The van der Waals surface area contributed by atoms with Gasteiger partial charge in [-0.05, 0) is 0 Å². The van der Waals surface area contributed by atoms with Gasteiger partial charge in [-0.15, -0.1) is 0 Å². The van der Waals surface area contributed by atoms with Crippen molar-refractivity contribution in [2.45, 2.75) is 13.8 Å². The van der Waals surface area contributed by atoms with Crippen LogP contribution in [0.15, 0.2) is 0 Å². The summed E-state index contributed by atoms with van der Waals surface area (Å²) in [5.41, 5.74) is 0. The Labute approximate surface area is 87.7 Å². The first-order chi connectivity index (χ1) is 5.20. The molecule has 0 aromatic carbocycles. The number of ether oxygens (including phenoxy) is 2. The summed E-state index contributed by atoms with van der Waals surface area (Å²) in [5, 5.41) is 0. The number of rotatable bonds is 4. The van der Waals surface area contributed by atoms with Crippen molar-refractivity contribution in [3.05, 3.63) is 0 Å². The maximum absolute atomic E-state index is 10.7. The molecule has 0 aliphatic heterocycles. The monoisotopic (exact) mass is 372 g/mol. The van der Waals surface area contributed by atoms with Gasteiger partial charge >= 0.3 is 88.7 Å². The topological polar surface area (TPSA) is 52.6 Å². The van der Waals surface area contributed by atoms with E-state index in [1.54, 1.807) is 13.8 Å². The van der Waals surface area contributed by atoms with Crippen molar-refractivity contribution >= 4 is 2.02 Å². The molecular weight excluding hydrogens is 362 g/mol. The van der Waals surface area contributed by atoms with Gasteiger partial charge in [-0.3, -0.25) is 0 Å². The van der Waals surface area contributed by atoms with Crippen LogP contribution in [-0.2, 0) is 9.47 Å². The molecule has 0 fully saturated rings. The Kier molecular flexibility index (Phi) is 7.34. The molecule has 0 saturated carbocycles. The second-order valence-corrected chi connectivity index (χ2v) is 7.99. The minimum atomic E-state index is -2.26. The van der Waals surface area contributed by atoms with Crippen LogP contribution in [0.25, 0.3) is 0 Å². The van der Waals surface area contributed by atoms with Gasteiger partial charge in [-0.1, -0.05) is 0 Å². The van der Waals surface area contributed by atoms with E-state index in [2.05, 4.69) is 9.47 Å². The first kappa shape index (κ1) is 11.4. The van der Waals surface area contributed by atoms with Gasteiger partial charge in [-0.2, -0.15) is 0 Å². The summed E-state index contributed by atoms with van der Waals surface area (Å²) in [6.07, 6.45) is 0. The molecule has 0 bridgehead atoms. The summed E-state index contributed by atoms with van der Waals surface area (Å²) in [4.78, 5) is 21.4. The van der Waals surface area contributed by atoms with E-state index in [0.29, 0.717) is 13.2 Å². The van der Waals surface area contributed by atoms with Crippen LogP contribution in [0.1, 0.15) is 13.8 Å². The van der Waals surface area contributed by atoms with Gasteiger partial charge in [0.05, 0.1) is 0 Å². The standard InChI is InChI=1S/2C3H5O2.Ra/c2*1-2-5-3-4;/h2*2H2,1H3;. The predicted octanol–water partition coefficient (Wildman–Crippen LogP) is 1.38. The van der Waals surface area contributed by atoms with Crippen molar-refractivity contribution in [2.75, 3.05) is 13.2 Å². The predicted molar refractivity (Wildman–Crippen MR) is 34.0 cm³/mol. The van der Waals surface area contributed by atoms with Gasteiger partial charge in [-0.25, -0.2) is 0 Å². The Bertz CT molecular complexity index is 130. The van der Waals surface area contributed by atoms with E-state index in [1.807, 2.05) is 0 Å². The maximum atomic E-state index is 10.7. The fourth-order valence-corrected chi connectivity index (χ4v) is 4.03. The van der Waals surface area contributed by atoms with Gasteiger partial charge < -0.3 is 0 Å². The summed E-state index contributed by atoms with van der Waals surface area (Å²) in [7, 11) is 0. The van der Waals surface area contributed by atoms with E-state index in [1.165, 1.54) is 0 Å². The Hall–Kier alpha value is 0.408. The first-order valence-electron chi connectivity index (χ1n) is 3.52. The summed E-state index contributed by atoms with van der Waals surface area (Å²) >= 11 is -2.26. The minimum absolute atomic E-state index is 0.307. The third kappa shape index (κ3) is 6.79. The molecule has 0 amide bonds. The molecule has 0 aliphatic rings. The van der Waals surface area contributed by atoms with Crippen LogP contribution < -0.4 is 0 Å². The zero-order chi connectivity index (χ0) is 8.69. The van der Waals surface area contributed by atoms with Crippen LogP contribution in [0.2, 0.25) is 0 Å². The first-order valence-corrected chi connectivity index (χ1v) is 9.33. The van der Waals surface area contributed by atoms with Crippen LogP contribution in [0.5, 0.6) is 0 Å². The Morgan fingerprint density at radius 1 is 1.09 bits per heavy atom. The fourth-order valence-electron chi connectivity index (χ4n) is 0.542. The third-order valence-electron chi connectivity index (χ3n) is 0.899. The number of carbonyl (C=O) groups is 2. The normalized spacial score (nSPS) is 8.18. The summed E-state index contributed by atoms with van der Waals surface area (Å²) in [6, 6.07) is 0. The molecule has 0 spiro atoms. The number of hydrogen-bond acceptors (Lipinski definition) is 4. The molecule has 0 aromatic rings. The van der Waals surface area contributed by atoms with Gasteiger partial charge in [0.15, 0.2) is 0 Å². The molecular formula is C6H10O4Ra. The van der Waals surface area contributed by atoms with E-state index in [-0.39, 0.29) is 2.02 Å². The second kappa shape index (κ2) is 7.08. The second-order valence-electron chi connectivity index (χ2n) is 1.79. The van der Waals surface area contributed by atoms with Gasteiger partial charge in [0.2, 0.25) is 0 Å². The average molecular weight is 372 g/mol. The molecule has 0 saturated heterocycles. The van der Waals surface area contributed by atoms with Crippen LogP contribution in [0, 0.1) is 40.6 Å². The average Bonchev–Trinajstić information content (AvgIpc) is 1.87. The fraction of sp³-hybridized carbons (Fsp3) is 0.667. The molecule has 0 heterocycles. The Balaban J connectivity index is 3.49.